The second kappa shape index (κ2) is 10.2. The number of morpholine rings is 1. The molecule has 0 saturated carbocycles. The van der Waals surface area contributed by atoms with Crippen LogP contribution in [0.2, 0.25) is 0 Å². The fourth-order valence-corrected chi connectivity index (χ4v) is 3.30. The van der Waals surface area contributed by atoms with Gasteiger partial charge in [-0.3, -0.25) is 4.90 Å². The van der Waals surface area contributed by atoms with Crippen molar-refractivity contribution in [2.45, 2.75) is 12.3 Å². The van der Waals surface area contributed by atoms with Gasteiger partial charge in [-0.05, 0) is 17.2 Å². The number of thioether (sulfide) groups is 1. The highest BCUT2D eigenvalue weighted by Gasteiger charge is 2.13. The van der Waals surface area contributed by atoms with Gasteiger partial charge < -0.3 is 10.5 Å². The summed E-state index contributed by atoms with van der Waals surface area (Å²) in [5.74, 6) is 0.497. The van der Waals surface area contributed by atoms with E-state index in [9.17, 15) is 4.39 Å². The first kappa shape index (κ1) is 19.5. The first-order chi connectivity index (χ1) is 13.2. The fraction of sp³-hybridized carbons (Fsp3) is 0.300. The summed E-state index contributed by atoms with van der Waals surface area (Å²) in [4.78, 5) is 2.19. The monoisotopic (exact) mass is 386 g/mol. The first-order valence-corrected chi connectivity index (χ1v) is 9.81. The van der Waals surface area contributed by atoms with E-state index < -0.39 is 0 Å². The summed E-state index contributed by atoms with van der Waals surface area (Å²) in [6, 6.07) is 15.1. The Morgan fingerprint density at radius 3 is 2.70 bits per heavy atom. The number of ether oxygens (including phenoxy) is 1. The van der Waals surface area contributed by atoms with Gasteiger partial charge in [0.05, 0.1) is 19.4 Å². The van der Waals surface area contributed by atoms with Crippen molar-refractivity contribution in [1.29, 1.82) is 0 Å². The molecule has 0 aromatic heterocycles. The molecule has 0 bridgehead atoms. The number of halogens is 1. The number of benzene rings is 2. The maximum absolute atomic E-state index is 14.3. The predicted octanol–water partition coefficient (Wildman–Crippen LogP) is 3.24. The zero-order valence-electron chi connectivity index (χ0n) is 15.1. The van der Waals surface area contributed by atoms with E-state index in [1.54, 1.807) is 6.07 Å². The Morgan fingerprint density at radius 1 is 1.19 bits per heavy atom. The molecule has 2 aromatic rings. The van der Waals surface area contributed by atoms with Crippen LogP contribution in [0.1, 0.15) is 16.7 Å². The molecule has 2 aromatic carbocycles. The Hall–Kier alpha value is -2.22. The van der Waals surface area contributed by atoms with Crippen LogP contribution < -0.4 is 5.73 Å². The van der Waals surface area contributed by atoms with Gasteiger partial charge in [-0.2, -0.15) is 5.10 Å². The molecule has 0 unspecified atom stereocenters. The van der Waals surface area contributed by atoms with Gasteiger partial charge in [-0.15, -0.1) is 5.10 Å². The molecule has 0 aliphatic carbocycles. The number of nitrogens with zero attached hydrogens (tertiary/aromatic N) is 3. The third-order valence-electron chi connectivity index (χ3n) is 4.17. The molecule has 0 atom stereocenters. The molecule has 142 valence electrons. The van der Waals surface area contributed by atoms with Gasteiger partial charge in [0, 0.05) is 31.0 Å². The summed E-state index contributed by atoms with van der Waals surface area (Å²) in [6.45, 7) is 3.66. The van der Waals surface area contributed by atoms with E-state index in [1.165, 1.54) is 29.6 Å². The van der Waals surface area contributed by atoms with E-state index in [4.69, 9.17) is 10.5 Å². The quantitative estimate of drug-likeness (QED) is 0.470. The highest BCUT2D eigenvalue weighted by Crippen LogP contribution is 2.14. The number of nitrogens with two attached hydrogens (primary N) is 1. The molecule has 0 radical (unpaired) electrons. The lowest BCUT2D eigenvalue weighted by molar-refractivity contribution is 0.0337. The molecule has 1 aliphatic rings. The smallest absolute Gasteiger partial charge is 0.180 e. The van der Waals surface area contributed by atoms with Crippen LogP contribution in [0.25, 0.3) is 0 Å². The van der Waals surface area contributed by atoms with Gasteiger partial charge in [0.15, 0.2) is 5.17 Å². The van der Waals surface area contributed by atoms with Crippen molar-refractivity contribution in [3.63, 3.8) is 0 Å². The molecule has 0 spiro atoms. The Kier molecular flexibility index (Phi) is 7.38. The van der Waals surface area contributed by atoms with E-state index in [0.29, 0.717) is 36.1 Å². The minimum absolute atomic E-state index is 0.235. The van der Waals surface area contributed by atoms with Crippen LogP contribution in [0.3, 0.4) is 0 Å². The average Bonchev–Trinajstić information content (AvgIpc) is 2.70. The van der Waals surface area contributed by atoms with Crippen molar-refractivity contribution in [1.82, 2.24) is 4.90 Å². The molecule has 1 saturated heterocycles. The van der Waals surface area contributed by atoms with Crippen LogP contribution in [-0.4, -0.2) is 42.6 Å². The van der Waals surface area contributed by atoms with Crippen LogP contribution in [-0.2, 0) is 17.0 Å². The molecule has 0 amide bonds. The third kappa shape index (κ3) is 6.46. The summed E-state index contributed by atoms with van der Waals surface area (Å²) in [6.07, 6.45) is 1.51. The number of rotatable bonds is 6. The van der Waals surface area contributed by atoms with Gasteiger partial charge in [-0.1, -0.05) is 54.2 Å². The SMILES string of the molecule is NC(=NN=Cc1ccc(CN2CCOCC2)c(F)c1)SCc1ccccc1. The maximum atomic E-state index is 14.3. The predicted molar refractivity (Wildman–Crippen MR) is 109 cm³/mol. The molecule has 5 nitrogen and oxygen atoms in total. The molecule has 1 heterocycles. The van der Waals surface area contributed by atoms with Gasteiger partial charge >= 0.3 is 0 Å². The lowest BCUT2D eigenvalue weighted by atomic mass is 10.1. The van der Waals surface area contributed by atoms with Gasteiger partial charge in [0.1, 0.15) is 5.82 Å². The van der Waals surface area contributed by atoms with Crippen molar-refractivity contribution in [3.05, 3.63) is 71.0 Å². The summed E-state index contributed by atoms with van der Waals surface area (Å²) >= 11 is 1.41. The van der Waals surface area contributed by atoms with E-state index >= 15 is 0 Å². The number of hydrogen-bond acceptors (Lipinski definition) is 5. The highest BCUT2D eigenvalue weighted by molar-refractivity contribution is 8.13. The summed E-state index contributed by atoms with van der Waals surface area (Å²) < 4.78 is 19.6. The Bertz CT molecular complexity index is 792. The highest BCUT2D eigenvalue weighted by atomic mass is 32.2. The molecule has 3 rings (SSSR count). The molecule has 27 heavy (non-hydrogen) atoms. The average molecular weight is 386 g/mol. The maximum Gasteiger partial charge on any atom is 0.180 e. The zero-order valence-corrected chi connectivity index (χ0v) is 15.9. The van der Waals surface area contributed by atoms with Gasteiger partial charge in [0.25, 0.3) is 0 Å². The van der Waals surface area contributed by atoms with Crippen molar-refractivity contribution >= 4 is 23.1 Å². The van der Waals surface area contributed by atoms with Crippen molar-refractivity contribution in [2.75, 3.05) is 26.3 Å². The minimum atomic E-state index is -0.235. The van der Waals surface area contributed by atoms with E-state index in [2.05, 4.69) is 15.1 Å². The summed E-state index contributed by atoms with van der Waals surface area (Å²) in [7, 11) is 0. The summed E-state index contributed by atoms with van der Waals surface area (Å²) in [5, 5.41) is 8.30. The molecule has 1 fully saturated rings. The summed E-state index contributed by atoms with van der Waals surface area (Å²) in [5.41, 5.74) is 8.35. The van der Waals surface area contributed by atoms with Crippen molar-refractivity contribution in [2.24, 2.45) is 15.9 Å². The number of hydrogen-bond donors (Lipinski definition) is 1. The number of amidine groups is 1. The minimum Gasteiger partial charge on any atom is -0.379 e. The van der Waals surface area contributed by atoms with Gasteiger partial charge in [0.2, 0.25) is 0 Å². The van der Waals surface area contributed by atoms with E-state index in [0.717, 1.165) is 18.8 Å². The largest absolute Gasteiger partial charge is 0.379 e. The standard InChI is InChI=1S/C20H23FN4OS/c21-19-12-17(6-7-18(19)14-25-8-10-26-11-9-25)13-23-24-20(22)27-15-16-4-2-1-3-5-16/h1-7,12-13H,8-11,14-15H2,(H2,22,24). The first-order valence-electron chi connectivity index (χ1n) is 8.82. The second-order valence-corrected chi connectivity index (χ2v) is 7.19. The van der Waals surface area contributed by atoms with Crippen LogP contribution >= 0.6 is 11.8 Å². The Morgan fingerprint density at radius 2 is 1.96 bits per heavy atom. The molecule has 1 aliphatic heterocycles. The third-order valence-corrected chi connectivity index (χ3v) is 5.02. The molecular weight excluding hydrogens is 363 g/mol. The van der Waals surface area contributed by atoms with Crippen LogP contribution in [0, 0.1) is 5.82 Å². The lowest BCUT2D eigenvalue weighted by Crippen LogP contribution is -2.35. The second-order valence-electron chi connectivity index (χ2n) is 6.20. The fourth-order valence-electron chi connectivity index (χ4n) is 2.69. The van der Waals surface area contributed by atoms with E-state index in [1.807, 2.05) is 36.4 Å². The van der Waals surface area contributed by atoms with E-state index in [-0.39, 0.29) is 5.82 Å². The zero-order chi connectivity index (χ0) is 18.9. The van der Waals surface area contributed by atoms with Crippen LogP contribution in [0.15, 0.2) is 58.7 Å². The van der Waals surface area contributed by atoms with Crippen molar-refractivity contribution < 1.29 is 9.13 Å². The normalized spacial score (nSPS) is 16.1. The molecule has 7 heteroatoms. The Labute approximate surface area is 163 Å². The molecule has 2 N–H and O–H groups in total. The lowest BCUT2D eigenvalue weighted by Gasteiger charge is -2.26. The topological polar surface area (TPSA) is 63.2 Å². The van der Waals surface area contributed by atoms with Crippen LogP contribution in [0.5, 0.6) is 0 Å². The van der Waals surface area contributed by atoms with Gasteiger partial charge in [-0.25, -0.2) is 4.39 Å². The van der Waals surface area contributed by atoms with Crippen LogP contribution in [0.4, 0.5) is 4.39 Å². The Balaban J connectivity index is 1.52. The molecular formula is C20H23FN4OS. The van der Waals surface area contributed by atoms with Crippen molar-refractivity contribution in [3.8, 4) is 0 Å².